The largest absolute Gasteiger partial charge is 0.505 e. The molecule has 190 valence electrons. The highest BCUT2D eigenvalue weighted by atomic mass is 16.3. The minimum Gasteiger partial charge on any atom is -0.505 e. The number of carbonyl (C=O) groups excluding carboxylic acids is 2. The molecule has 1 unspecified atom stereocenters. The Bertz CT molecular complexity index is 1310. The zero-order valence-corrected chi connectivity index (χ0v) is 21.1. The Morgan fingerprint density at radius 2 is 1.58 bits per heavy atom. The highest BCUT2D eigenvalue weighted by Crippen LogP contribution is 2.32. The third-order valence-electron chi connectivity index (χ3n) is 6.02. The van der Waals surface area contributed by atoms with E-state index in [0.29, 0.717) is 6.42 Å². The normalized spacial score (nSPS) is 12.7. The molecule has 4 N–H and O–H groups in total. The number of phenolic OH excluding ortho intramolecular Hbond substituents is 1. The van der Waals surface area contributed by atoms with Crippen LogP contribution in [0.25, 0.3) is 0 Å². The van der Waals surface area contributed by atoms with E-state index in [4.69, 9.17) is 0 Å². The molecule has 0 saturated carbocycles. The highest BCUT2D eigenvalue weighted by Gasteiger charge is 2.30. The minimum absolute atomic E-state index is 0.0367. The first-order chi connectivity index (χ1) is 17.1. The number of para-hydroxylation sites is 1. The summed E-state index contributed by atoms with van der Waals surface area (Å²) in [7, 11) is 3.11. The van der Waals surface area contributed by atoms with Crippen LogP contribution in [0, 0.1) is 5.92 Å². The van der Waals surface area contributed by atoms with Crippen LogP contribution in [0.15, 0.2) is 58.1 Å². The van der Waals surface area contributed by atoms with Crippen LogP contribution in [0.1, 0.15) is 49.2 Å². The standard InChI is InChI=1S/C27H32N4O5/c1-6-18(16-11-8-7-9-12-16)29-26(35)20(15(2)3)30-22-21(24(33)25(22)34)28-19-14-10-13-17(23(19)32)27(36)31(4)5/h7-15,18,20,28,30,32H,6H2,1-5H3,(H,29,35)/t18-,20?/m1/s1. The summed E-state index contributed by atoms with van der Waals surface area (Å²) in [4.78, 5) is 51.6. The zero-order chi connectivity index (χ0) is 26.6. The number of anilines is 3. The lowest BCUT2D eigenvalue weighted by atomic mass is 9.99. The lowest BCUT2D eigenvalue weighted by Gasteiger charge is -2.27. The van der Waals surface area contributed by atoms with E-state index in [1.165, 1.54) is 17.0 Å². The Balaban J connectivity index is 1.84. The number of amides is 2. The van der Waals surface area contributed by atoms with E-state index in [-0.39, 0.29) is 46.2 Å². The van der Waals surface area contributed by atoms with Crippen molar-refractivity contribution in [3.63, 3.8) is 0 Å². The molecule has 0 fully saturated rings. The summed E-state index contributed by atoms with van der Waals surface area (Å²) in [6.07, 6.45) is 0.675. The zero-order valence-electron chi connectivity index (χ0n) is 21.1. The van der Waals surface area contributed by atoms with Crippen LogP contribution in [0.4, 0.5) is 17.1 Å². The summed E-state index contributed by atoms with van der Waals surface area (Å²) in [5.41, 5.74) is -0.535. The maximum absolute atomic E-state index is 13.2. The Kier molecular flexibility index (Phi) is 8.14. The van der Waals surface area contributed by atoms with Gasteiger partial charge in [-0.2, -0.15) is 0 Å². The minimum atomic E-state index is -0.790. The fourth-order valence-corrected chi connectivity index (χ4v) is 3.90. The number of phenols is 1. The Morgan fingerprint density at radius 1 is 0.944 bits per heavy atom. The molecule has 2 atom stereocenters. The molecular formula is C27H32N4O5. The summed E-state index contributed by atoms with van der Waals surface area (Å²) in [5.74, 6) is -1.27. The Morgan fingerprint density at radius 3 is 2.17 bits per heavy atom. The van der Waals surface area contributed by atoms with Crippen molar-refractivity contribution in [1.29, 1.82) is 0 Å². The second-order valence-electron chi connectivity index (χ2n) is 9.18. The van der Waals surface area contributed by atoms with Gasteiger partial charge in [0.25, 0.3) is 16.8 Å². The summed E-state index contributed by atoms with van der Waals surface area (Å²) >= 11 is 0. The molecule has 0 aromatic heterocycles. The van der Waals surface area contributed by atoms with Gasteiger partial charge in [-0.25, -0.2) is 0 Å². The summed E-state index contributed by atoms with van der Waals surface area (Å²) in [5, 5.41) is 19.3. The third-order valence-corrected chi connectivity index (χ3v) is 6.02. The molecule has 3 aromatic carbocycles. The smallest absolute Gasteiger partial charge is 0.257 e. The van der Waals surface area contributed by atoms with Crippen LogP contribution in [0.3, 0.4) is 0 Å². The Hall–Kier alpha value is -4.14. The van der Waals surface area contributed by atoms with Gasteiger partial charge in [0.1, 0.15) is 17.4 Å². The van der Waals surface area contributed by atoms with Gasteiger partial charge in [-0.1, -0.05) is 57.2 Å². The molecule has 9 heteroatoms. The van der Waals surface area contributed by atoms with Crippen molar-refractivity contribution in [3.05, 3.63) is 80.1 Å². The third kappa shape index (κ3) is 5.40. The van der Waals surface area contributed by atoms with E-state index in [0.717, 1.165) is 5.56 Å². The lowest BCUT2D eigenvalue weighted by molar-refractivity contribution is -0.123. The molecule has 3 rings (SSSR count). The first-order valence-electron chi connectivity index (χ1n) is 11.8. The van der Waals surface area contributed by atoms with Gasteiger partial charge in [0.05, 0.1) is 17.3 Å². The van der Waals surface area contributed by atoms with Gasteiger partial charge >= 0.3 is 0 Å². The van der Waals surface area contributed by atoms with Gasteiger partial charge in [-0.05, 0) is 30.0 Å². The fourth-order valence-electron chi connectivity index (χ4n) is 3.90. The molecular weight excluding hydrogens is 460 g/mol. The molecule has 0 saturated heterocycles. The van der Waals surface area contributed by atoms with Crippen LogP contribution >= 0.6 is 0 Å². The van der Waals surface area contributed by atoms with Gasteiger partial charge in [-0.15, -0.1) is 0 Å². The van der Waals surface area contributed by atoms with Crippen molar-refractivity contribution in [1.82, 2.24) is 10.2 Å². The number of hydrogen-bond acceptors (Lipinski definition) is 7. The average molecular weight is 493 g/mol. The van der Waals surface area contributed by atoms with E-state index >= 15 is 0 Å². The van der Waals surface area contributed by atoms with Crippen LogP contribution in [-0.2, 0) is 4.79 Å². The number of nitrogens with one attached hydrogen (secondary N) is 3. The molecule has 0 heterocycles. The predicted molar refractivity (Wildman–Crippen MR) is 141 cm³/mol. The van der Waals surface area contributed by atoms with E-state index < -0.39 is 22.8 Å². The van der Waals surface area contributed by atoms with Gasteiger partial charge < -0.3 is 26.0 Å². The molecule has 2 amide bonds. The SMILES string of the molecule is CC[C@@H](NC(=O)C(Nc1c(Nc2cccc(C(=O)N(C)C)c2O)c(=O)c1=O)C(C)C)c1ccccc1. The van der Waals surface area contributed by atoms with Crippen molar-refractivity contribution >= 4 is 28.9 Å². The molecule has 0 aliphatic rings. The molecule has 0 aliphatic heterocycles. The molecule has 0 aliphatic carbocycles. The van der Waals surface area contributed by atoms with Crippen molar-refractivity contribution in [2.24, 2.45) is 5.92 Å². The second-order valence-corrected chi connectivity index (χ2v) is 9.18. The van der Waals surface area contributed by atoms with Crippen LogP contribution < -0.4 is 26.8 Å². The number of rotatable bonds is 10. The van der Waals surface area contributed by atoms with Gasteiger partial charge in [0.2, 0.25) is 5.91 Å². The fraction of sp³-hybridized carbons (Fsp3) is 0.333. The summed E-state index contributed by atoms with van der Waals surface area (Å²) < 4.78 is 0. The maximum atomic E-state index is 13.2. The molecule has 36 heavy (non-hydrogen) atoms. The number of nitrogens with zero attached hydrogens (tertiary/aromatic N) is 1. The molecule has 9 nitrogen and oxygen atoms in total. The quantitative estimate of drug-likeness (QED) is 0.253. The average Bonchev–Trinajstić information content (AvgIpc) is 2.87. The van der Waals surface area contributed by atoms with Gasteiger partial charge in [-0.3, -0.25) is 19.2 Å². The van der Waals surface area contributed by atoms with Crippen LogP contribution in [0.5, 0.6) is 5.75 Å². The summed E-state index contributed by atoms with van der Waals surface area (Å²) in [6.45, 7) is 5.64. The first-order valence-corrected chi connectivity index (χ1v) is 11.8. The first kappa shape index (κ1) is 26.5. The monoisotopic (exact) mass is 492 g/mol. The van der Waals surface area contributed by atoms with Gasteiger partial charge in [0.15, 0.2) is 5.75 Å². The predicted octanol–water partition coefficient (Wildman–Crippen LogP) is 3.14. The maximum Gasteiger partial charge on any atom is 0.257 e. The number of aromatic hydroxyl groups is 1. The topological polar surface area (TPSA) is 128 Å². The van der Waals surface area contributed by atoms with E-state index in [1.807, 2.05) is 51.1 Å². The van der Waals surface area contributed by atoms with Crippen molar-refractivity contribution in [3.8, 4) is 5.75 Å². The lowest BCUT2D eigenvalue weighted by Crippen LogP contribution is -2.47. The number of carbonyl (C=O) groups is 2. The molecule has 0 bridgehead atoms. The van der Waals surface area contributed by atoms with E-state index in [2.05, 4.69) is 16.0 Å². The summed E-state index contributed by atoms with van der Waals surface area (Å²) in [6, 6.07) is 13.1. The van der Waals surface area contributed by atoms with Gasteiger partial charge in [0, 0.05) is 14.1 Å². The van der Waals surface area contributed by atoms with Crippen molar-refractivity contribution in [2.45, 2.75) is 39.3 Å². The number of benzene rings is 2. The Labute approximate surface area is 209 Å². The van der Waals surface area contributed by atoms with E-state index in [9.17, 15) is 24.3 Å². The second kappa shape index (κ2) is 11.1. The van der Waals surface area contributed by atoms with Crippen molar-refractivity contribution < 1.29 is 14.7 Å². The van der Waals surface area contributed by atoms with Crippen molar-refractivity contribution in [2.75, 3.05) is 24.7 Å². The van der Waals surface area contributed by atoms with E-state index in [1.54, 1.807) is 20.2 Å². The molecule has 0 spiro atoms. The molecule has 0 radical (unpaired) electrons. The van der Waals surface area contributed by atoms with Crippen LogP contribution in [0.2, 0.25) is 0 Å². The highest BCUT2D eigenvalue weighted by molar-refractivity contribution is 5.99. The molecule has 3 aromatic rings. The number of hydrogen-bond donors (Lipinski definition) is 4. The van der Waals surface area contributed by atoms with Crippen LogP contribution in [-0.4, -0.2) is 42.0 Å².